The fourth-order valence-corrected chi connectivity index (χ4v) is 1.82. The summed E-state index contributed by atoms with van der Waals surface area (Å²) in [4.78, 5) is 23.8. The lowest BCUT2D eigenvalue weighted by atomic mass is 10.1. The number of nitrogens with one attached hydrogen (secondary N) is 1. The molecule has 0 aliphatic heterocycles. The van der Waals surface area contributed by atoms with E-state index in [4.69, 9.17) is 0 Å². The summed E-state index contributed by atoms with van der Waals surface area (Å²) in [6, 6.07) is 13.6. The van der Waals surface area contributed by atoms with Crippen molar-refractivity contribution in [3.8, 4) is 5.75 Å². The summed E-state index contributed by atoms with van der Waals surface area (Å²) in [5, 5.41) is 12.3. The number of Topliss-reactive ketones (excluding diaryl/α,β-unsaturated/α-hetero) is 1. The molecule has 0 aliphatic carbocycles. The molecule has 4 nitrogen and oxygen atoms in total. The molecule has 0 saturated carbocycles. The Kier molecular flexibility index (Phi) is 4.15. The average molecular weight is 269 g/mol. The van der Waals surface area contributed by atoms with Gasteiger partial charge in [-0.05, 0) is 18.6 Å². The molecule has 0 fully saturated rings. The Hall–Kier alpha value is -2.62. The van der Waals surface area contributed by atoms with Gasteiger partial charge in [0.1, 0.15) is 5.75 Å². The van der Waals surface area contributed by atoms with Crippen molar-refractivity contribution >= 4 is 11.7 Å². The second-order valence-electron chi connectivity index (χ2n) is 4.44. The summed E-state index contributed by atoms with van der Waals surface area (Å²) in [6.45, 7) is 1.61. The van der Waals surface area contributed by atoms with Crippen molar-refractivity contribution in [2.75, 3.05) is 6.54 Å². The number of carbonyl (C=O) groups is 2. The van der Waals surface area contributed by atoms with Crippen LogP contribution in [0.25, 0.3) is 0 Å². The molecule has 0 bridgehead atoms. The van der Waals surface area contributed by atoms with Crippen molar-refractivity contribution in [1.82, 2.24) is 5.32 Å². The molecule has 2 N–H and O–H groups in total. The van der Waals surface area contributed by atoms with Crippen LogP contribution in [0.2, 0.25) is 0 Å². The van der Waals surface area contributed by atoms with Crippen molar-refractivity contribution in [2.24, 2.45) is 0 Å². The molecular weight excluding hydrogens is 254 g/mol. The highest BCUT2D eigenvalue weighted by atomic mass is 16.3. The van der Waals surface area contributed by atoms with Crippen LogP contribution in [0.3, 0.4) is 0 Å². The molecule has 0 aliphatic rings. The molecule has 0 saturated heterocycles. The highest BCUT2D eigenvalue weighted by Gasteiger charge is 2.13. The zero-order valence-electron chi connectivity index (χ0n) is 11.1. The van der Waals surface area contributed by atoms with E-state index in [1.807, 2.05) is 6.07 Å². The molecule has 20 heavy (non-hydrogen) atoms. The van der Waals surface area contributed by atoms with Crippen LogP contribution < -0.4 is 5.32 Å². The SMILES string of the molecule is Cc1cccc(C(=O)NCC(=O)c2ccccc2)c1O. The van der Waals surface area contributed by atoms with E-state index in [1.165, 1.54) is 6.07 Å². The third-order valence-corrected chi connectivity index (χ3v) is 2.99. The first-order valence-electron chi connectivity index (χ1n) is 6.24. The van der Waals surface area contributed by atoms with Crippen LogP contribution in [-0.4, -0.2) is 23.3 Å². The van der Waals surface area contributed by atoms with Crippen LogP contribution in [-0.2, 0) is 0 Å². The molecule has 0 radical (unpaired) electrons. The number of carbonyl (C=O) groups excluding carboxylic acids is 2. The highest BCUT2D eigenvalue weighted by molar-refractivity contribution is 6.03. The lowest BCUT2D eigenvalue weighted by molar-refractivity contribution is 0.0902. The highest BCUT2D eigenvalue weighted by Crippen LogP contribution is 2.20. The maximum Gasteiger partial charge on any atom is 0.255 e. The molecule has 0 aromatic heterocycles. The Morgan fingerprint density at radius 1 is 1.05 bits per heavy atom. The molecular formula is C16H15NO3. The van der Waals surface area contributed by atoms with E-state index in [2.05, 4.69) is 5.32 Å². The van der Waals surface area contributed by atoms with Crippen molar-refractivity contribution < 1.29 is 14.7 Å². The topological polar surface area (TPSA) is 66.4 Å². The normalized spacial score (nSPS) is 10.1. The number of rotatable bonds is 4. The lowest BCUT2D eigenvalue weighted by Gasteiger charge is -2.08. The van der Waals surface area contributed by atoms with Gasteiger partial charge in [0.15, 0.2) is 5.78 Å². The third-order valence-electron chi connectivity index (χ3n) is 2.99. The summed E-state index contributed by atoms with van der Waals surface area (Å²) < 4.78 is 0. The van der Waals surface area contributed by atoms with Gasteiger partial charge in [0.2, 0.25) is 0 Å². The number of hydrogen-bond acceptors (Lipinski definition) is 3. The minimum absolute atomic E-state index is 0.0582. The number of aromatic hydroxyl groups is 1. The molecule has 4 heteroatoms. The molecule has 0 atom stereocenters. The van der Waals surface area contributed by atoms with Gasteiger partial charge >= 0.3 is 0 Å². The molecule has 2 rings (SSSR count). The summed E-state index contributed by atoms with van der Waals surface area (Å²) in [7, 11) is 0. The second-order valence-corrected chi connectivity index (χ2v) is 4.44. The van der Waals surface area contributed by atoms with Gasteiger partial charge in [0.25, 0.3) is 5.91 Å². The Balaban J connectivity index is 2.03. The van der Waals surface area contributed by atoms with Crippen molar-refractivity contribution in [3.63, 3.8) is 0 Å². The number of ketones is 1. The number of benzene rings is 2. The van der Waals surface area contributed by atoms with Gasteiger partial charge < -0.3 is 10.4 Å². The summed E-state index contributed by atoms with van der Waals surface area (Å²) in [5.41, 5.74) is 1.33. The minimum atomic E-state index is -0.463. The van der Waals surface area contributed by atoms with Crippen LogP contribution in [0.4, 0.5) is 0 Å². The van der Waals surface area contributed by atoms with Crippen LogP contribution >= 0.6 is 0 Å². The van der Waals surface area contributed by atoms with Crippen LogP contribution in [0.5, 0.6) is 5.75 Å². The largest absolute Gasteiger partial charge is 0.507 e. The van der Waals surface area contributed by atoms with Gasteiger partial charge in [-0.15, -0.1) is 0 Å². The zero-order valence-corrected chi connectivity index (χ0v) is 11.1. The van der Waals surface area contributed by atoms with Gasteiger partial charge in [-0.2, -0.15) is 0 Å². The predicted molar refractivity (Wildman–Crippen MR) is 75.9 cm³/mol. The Morgan fingerprint density at radius 3 is 2.45 bits per heavy atom. The van der Waals surface area contributed by atoms with Crippen LogP contribution in [0.15, 0.2) is 48.5 Å². The van der Waals surface area contributed by atoms with Crippen molar-refractivity contribution in [2.45, 2.75) is 6.92 Å². The molecule has 0 unspecified atom stereocenters. The van der Waals surface area contributed by atoms with E-state index < -0.39 is 5.91 Å². The van der Waals surface area contributed by atoms with Crippen LogP contribution in [0.1, 0.15) is 26.3 Å². The predicted octanol–water partition coefficient (Wildman–Crippen LogP) is 2.31. The zero-order chi connectivity index (χ0) is 14.5. The van der Waals surface area contributed by atoms with Gasteiger partial charge in [-0.1, -0.05) is 42.5 Å². The van der Waals surface area contributed by atoms with Gasteiger partial charge in [-0.3, -0.25) is 9.59 Å². The van der Waals surface area contributed by atoms with E-state index in [0.29, 0.717) is 11.1 Å². The number of amides is 1. The quantitative estimate of drug-likeness (QED) is 0.837. The summed E-state index contributed by atoms with van der Waals surface area (Å²) in [5.74, 6) is -0.696. The van der Waals surface area contributed by atoms with E-state index in [9.17, 15) is 14.7 Å². The van der Waals surface area contributed by atoms with E-state index >= 15 is 0 Å². The van der Waals surface area contributed by atoms with Gasteiger partial charge in [0.05, 0.1) is 12.1 Å². The first kappa shape index (κ1) is 13.8. The Bertz CT molecular complexity index is 635. The number of phenolic OH excluding ortho intramolecular Hbond substituents is 1. The molecule has 2 aromatic carbocycles. The molecule has 102 valence electrons. The number of phenols is 1. The monoisotopic (exact) mass is 269 g/mol. The standard InChI is InChI=1S/C16H15NO3/c1-11-6-5-9-13(15(11)19)16(20)17-10-14(18)12-7-3-2-4-8-12/h2-9,19H,10H2,1H3,(H,17,20). The van der Waals surface area contributed by atoms with Crippen molar-refractivity contribution in [3.05, 3.63) is 65.2 Å². The molecule has 2 aromatic rings. The molecule has 1 amide bonds. The summed E-state index contributed by atoms with van der Waals surface area (Å²) in [6.07, 6.45) is 0. The smallest absolute Gasteiger partial charge is 0.255 e. The maximum atomic E-state index is 11.9. The molecule has 0 spiro atoms. The number of aryl methyl sites for hydroxylation is 1. The Morgan fingerprint density at radius 2 is 1.75 bits per heavy atom. The minimum Gasteiger partial charge on any atom is -0.507 e. The number of hydrogen-bond donors (Lipinski definition) is 2. The average Bonchev–Trinajstić information content (AvgIpc) is 2.48. The first-order valence-corrected chi connectivity index (χ1v) is 6.24. The molecule has 0 heterocycles. The second kappa shape index (κ2) is 6.02. The third kappa shape index (κ3) is 3.03. The first-order chi connectivity index (χ1) is 9.59. The van der Waals surface area contributed by atoms with Gasteiger partial charge in [0, 0.05) is 5.56 Å². The lowest BCUT2D eigenvalue weighted by Crippen LogP contribution is -2.29. The van der Waals surface area contributed by atoms with E-state index in [1.54, 1.807) is 43.3 Å². The van der Waals surface area contributed by atoms with E-state index in [0.717, 1.165) is 0 Å². The summed E-state index contributed by atoms with van der Waals surface area (Å²) >= 11 is 0. The fraction of sp³-hybridized carbons (Fsp3) is 0.125. The fourth-order valence-electron chi connectivity index (χ4n) is 1.82. The van der Waals surface area contributed by atoms with Crippen molar-refractivity contribution in [1.29, 1.82) is 0 Å². The maximum absolute atomic E-state index is 11.9. The van der Waals surface area contributed by atoms with E-state index in [-0.39, 0.29) is 23.6 Å². The Labute approximate surface area is 117 Å². The van der Waals surface area contributed by atoms with Gasteiger partial charge in [-0.25, -0.2) is 0 Å². The number of para-hydroxylation sites is 1. The van der Waals surface area contributed by atoms with Crippen LogP contribution in [0, 0.1) is 6.92 Å².